The molecule has 0 saturated carbocycles. The van der Waals surface area contributed by atoms with Crippen molar-refractivity contribution in [1.82, 2.24) is 10.0 Å². The zero-order valence-corrected chi connectivity index (χ0v) is 17.3. The van der Waals surface area contributed by atoms with Crippen LogP contribution >= 0.6 is 0 Å². The van der Waals surface area contributed by atoms with Crippen molar-refractivity contribution in [3.63, 3.8) is 0 Å². The highest BCUT2D eigenvalue weighted by atomic mass is 19.2. The number of benzene rings is 1. The summed E-state index contributed by atoms with van der Waals surface area (Å²) in [7, 11) is 0. The predicted molar refractivity (Wildman–Crippen MR) is 110 cm³/mol. The molecule has 0 bridgehead atoms. The van der Waals surface area contributed by atoms with E-state index in [1.165, 1.54) is 5.57 Å². The van der Waals surface area contributed by atoms with E-state index >= 15 is 0 Å². The first kappa shape index (κ1) is 20.4. The lowest BCUT2D eigenvalue weighted by atomic mass is 9.82. The largest absolute Gasteiger partial charge is 0.300 e. The maximum absolute atomic E-state index is 14.8. The molecular weight excluding hydrogens is 354 g/mol. The molecule has 28 heavy (non-hydrogen) atoms. The topological polar surface area (TPSA) is 6.48 Å². The molecule has 2 heterocycles. The Morgan fingerprint density at radius 1 is 1.29 bits per heavy atom. The Morgan fingerprint density at radius 3 is 2.64 bits per heavy atom. The summed E-state index contributed by atoms with van der Waals surface area (Å²) >= 11 is 0. The van der Waals surface area contributed by atoms with Gasteiger partial charge in [-0.3, -0.25) is 0 Å². The Labute approximate surface area is 167 Å². The van der Waals surface area contributed by atoms with Crippen LogP contribution in [0.25, 0.3) is 0 Å². The van der Waals surface area contributed by atoms with Crippen molar-refractivity contribution in [2.75, 3.05) is 6.54 Å². The van der Waals surface area contributed by atoms with E-state index in [0.29, 0.717) is 12.0 Å². The molecule has 0 aliphatic carbocycles. The zero-order valence-electron chi connectivity index (χ0n) is 17.3. The van der Waals surface area contributed by atoms with Gasteiger partial charge in [-0.1, -0.05) is 38.0 Å². The first-order chi connectivity index (χ1) is 13.2. The molecule has 0 amide bonds. The molecule has 0 N–H and O–H groups in total. The smallest absolute Gasteiger partial charge is 0.174 e. The fourth-order valence-electron chi connectivity index (χ4n) is 4.38. The van der Waals surface area contributed by atoms with Crippen LogP contribution in [0.5, 0.6) is 0 Å². The third-order valence-corrected chi connectivity index (χ3v) is 5.99. The third kappa shape index (κ3) is 3.18. The second-order valence-corrected chi connectivity index (χ2v) is 7.84. The Morgan fingerprint density at radius 2 is 2.00 bits per heavy atom. The summed E-state index contributed by atoms with van der Waals surface area (Å²) in [6.45, 7) is 17.7. The van der Waals surface area contributed by atoms with Crippen LogP contribution in [0.3, 0.4) is 0 Å². The van der Waals surface area contributed by atoms with Gasteiger partial charge in [0.05, 0.1) is 23.3 Å². The molecular formula is C24H28F2N2. The van der Waals surface area contributed by atoms with Crippen LogP contribution in [0.2, 0.25) is 0 Å². The number of hydrogen-bond donors (Lipinski definition) is 0. The number of fused-ring (bicyclic) bond motifs is 1. The minimum absolute atomic E-state index is 0.102. The Hall–Kier alpha value is -2.38. The molecule has 1 aromatic carbocycles. The second kappa shape index (κ2) is 7.56. The van der Waals surface area contributed by atoms with Crippen LogP contribution in [0.15, 0.2) is 47.7 Å². The Kier molecular flexibility index (Phi) is 5.50. The van der Waals surface area contributed by atoms with E-state index in [2.05, 4.69) is 43.9 Å². The molecule has 3 rings (SSSR count). The fraction of sp³-hybridized carbons (Fsp3) is 0.417. The fourth-order valence-corrected chi connectivity index (χ4v) is 4.38. The minimum atomic E-state index is -0.878. The van der Waals surface area contributed by atoms with E-state index in [1.807, 2.05) is 18.9 Å². The number of halogens is 2. The quantitative estimate of drug-likeness (QED) is 0.617. The van der Waals surface area contributed by atoms with E-state index in [4.69, 9.17) is 0 Å². The van der Waals surface area contributed by atoms with Crippen molar-refractivity contribution < 1.29 is 8.78 Å². The number of allylic oxidation sites excluding steroid dienone is 1. The molecule has 1 atom stereocenters. The van der Waals surface area contributed by atoms with Crippen molar-refractivity contribution in [1.29, 1.82) is 0 Å². The highest BCUT2D eigenvalue weighted by Crippen LogP contribution is 2.46. The maximum Gasteiger partial charge on any atom is 0.174 e. The standard InChI is InChI=1S/C24H28F2N2/c1-7-8-10-19-11-12-20(23(26)22(19)25)15-27-18(5)21(16(2)3)17(4)24(6)13-9-14-28(24)27/h11-12H,2,5,7,9,13-15H2,1,3-4,6H3. The normalized spacial score (nSPS) is 22.2. The summed E-state index contributed by atoms with van der Waals surface area (Å²) < 4.78 is 29.3. The summed E-state index contributed by atoms with van der Waals surface area (Å²) in [6.07, 6.45) is 2.66. The average Bonchev–Trinajstić information content (AvgIpc) is 3.04. The van der Waals surface area contributed by atoms with Crippen LogP contribution in [-0.4, -0.2) is 22.1 Å². The van der Waals surface area contributed by atoms with Crippen LogP contribution in [-0.2, 0) is 6.54 Å². The second-order valence-electron chi connectivity index (χ2n) is 7.84. The van der Waals surface area contributed by atoms with Crippen LogP contribution in [0.4, 0.5) is 8.78 Å². The van der Waals surface area contributed by atoms with Crippen LogP contribution < -0.4 is 0 Å². The number of hydrazine groups is 1. The van der Waals surface area contributed by atoms with E-state index < -0.39 is 11.6 Å². The molecule has 1 fully saturated rings. The van der Waals surface area contributed by atoms with Gasteiger partial charge in [-0.2, -0.15) is 0 Å². The van der Waals surface area contributed by atoms with E-state index in [-0.39, 0.29) is 17.6 Å². The summed E-state index contributed by atoms with van der Waals surface area (Å²) in [4.78, 5) is 0. The molecule has 0 aromatic heterocycles. The molecule has 2 nitrogen and oxygen atoms in total. The Bertz CT molecular complexity index is 932. The highest BCUT2D eigenvalue weighted by molar-refractivity contribution is 5.51. The van der Waals surface area contributed by atoms with Gasteiger partial charge >= 0.3 is 0 Å². The van der Waals surface area contributed by atoms with Crippen molar-refractivity contribution >= 4 is 0 Å². The Balaban J connectivity index is 2.02. The molecule has 1 aromatic rings. The number of rotatable bonds is 3. The summed E-state index contributed by atoms with van der Waals surface area (Å²) in [5.74, 6) is 3.77. The lowest BCUT2D eigenvalue weighted by molar-refractivity contribution is -0.0489. The third-order valence-electron chi connectivity index (χ3n) is 5.99. The molecule has 1 saturated heterocycles. The van der Waals surface area contributed by atoms with E-state index in [0.717, 1.165) is 36.2 Å². The van der Waals surface area contributed by atoms with Gasteiger partial charge in [0.1, 0.15) is 0 Å². The first-order valence-corrected chi connectivity index (χ1v) is 9.79. The average molecular weight is 382 g/mol. The summed E-state index contributed by atoms with van der Waals surface area (Å²) in [5, 5.41) is 4.25. The monoisotopic (exact) mass is 382 g/mol. The van der Waals surface area contributed by atoms with Gasteiger partial charge < -0.3 is 5.01 Å². The molecule has 2 aliphatic rings. The van der Waals surface area contributed by atoms with Gasteiger partial charge in [-0.15, -0.1) is 0 Å². The van der Waals surface area contributed by atoms with E-state index in [9.17, 15) is 8.78 Å². The molecule has 4 heteroatoms. The molecule has 1 unspecified atom stereocenters. The van der Waals surface area contributed by atoms with Gasteiger partial charge in [0, 0.05) is 24.1 Å². The van der Waals surface area contributed by atoms with Gasteiger partial charge in [0.25, 0.3) is 0 Å². The summed E-state index contributed by atoms with van der Waals surface area (Å²) in [5.41, 5.74) is 4.26. The molecule has 148 valence electrons. The van der Waals surface area contributed by atoms with Gasteiger partial charge in [-0.05, 0) is 50.8 Å². The minimum Gasteiger partial charge on any atom is -0.300 e. The maximum atomic E-state index is 14.8. The number of hydrogen-bond acceptors (Lipinski definition) is 2. The highest BCUT2D eigenvalue weighted by Gasteiger charge is 2.46. The number of nitrogens with zero attached hydrogens (tertiary/aromatic N) is 2. The lowest BCUT2D eigenvalue weighted by Crippen LogP contribution is -2.55. The predicted octanol–water partition coefficient (Wildman–Crippen LogP) is 5.72. The van der Waals surface area contributed by atoms with E-state index in [1.54, 1.807) is 12.1 Å². The van der Waals surface area contributed by atoms with Crippen molar-refractivity contribution in [3.05, 3.63) is 70.5 Å². The zero-order chi connectivity index (χ0) is 20.6. The van der Waals surface area contributed by atoms with Crippen molar-refractivity contribution in [3.8, 4) is 11.8 Å². The van der Waals surface area contributed by atoms with Crippen LogP contribution in [0.1, 0.15) is 58.1 Å². The van der Waals surface area contributed by atoms with Gasteiger partial charge in [-0.25, -0.2) is 13.8 Å². The first-order valence-electron chi connectivity index (χ1n) is 9.79. The SMILES string of the molecule is C=C(C)C1=C(C)C2(C)CCCN2N(Cc2ccc(C#CCC)c(F)c2F)C1=C. The molecule has 2 aliphatic heterocycles. The molecule has 0 radical (unpaired) electrons. The summed E-state index contributed by atoms with van der Waals surface area (Å²) in [6, 6.07) is 3.19. The van der Waals surface area contributed by atoms with Crippen molar-refractivity contribution in [2.24, 2.45) is 0 Å². The lowest BCUT2D eigenvalue weighted by Gasteiger charge is -2.51. The van der Waals surface area contributed by atoms with Gasteiger partial charge in [0.2, 0.25) is 0 Å². The van der Waals surface area contributed by atoms with Crippen LogP contribution in [0, 0.1) is 23.5 Å². The van der Waals surface area contributed by atoms with Crippen molar-refractivity contribution in [2.45, 2.75) is 59.0 Å². The van der Waals surface area contributed by atoms with Gasteiger partial charge in [0.15, 0.2) is 11.6 Å². The molecule has 0 spiro atoms.